The molecule has 30 heavy (non-hydrogen) atoms. The average molecular weight is 410 g/mol. The van der Waals surface area contributed by atoms with Crippen molar-refractivity contribution in [2.45, 2.75) is 44.4 Å². The van der Waals surface area contributed by atoms with Crippen LogP contribution in [0.25, 0.3) is 0 Å². The first-order valence-corrected chi connectivity index (χ1v) is 10.8. The van der Waals surface area contributed by atoms with E-state index in [1.54, 1.807) is 18.3 Å². The quantitative estimate of drug-likeness (QED) is 0.759. The molecule has 1 aromatic heterocycles. The van der Waals surface area contributed by atoms with Gasteiger partial charge in [-0.3, -0.25) is 14.6 Å². The van der Waals surface area contributed by atoms with Crippen LogP contribution in [0.4, 0.5) is 4.39 Å². The largest absolute Gasteiger partial charge is 0.352 e. The van der Waals surface area contributed by atoms with Gasteiger partial charge in [0.2, 0.25) is 5.91 Å². The molecular formula is C24H28FN3O2. The lowest BCUT2D eigenvalue weighted by Gasteiger charge is -2.32. The van der Waals surface area contributed by atoms with Gasteiger partial charge in [-0.2, -0.15) is 0 Å². The Morgan fingerprint density at radius 1 is 1.10 bits per heavy atom. The van der Waals surface area contributed by atoms with Crippen molar-refractivity contribution in [3.05, 3.63) is 65.2 Å². The zero-order valence-electron chi connectivity index (χ0n) is 17.1. The lowest BCUT2D eigenvalue weighted by molar-refractivity contribution is -0.132. The number of nitrogens with one attached hydrogen (secondary N) is 1. The summed E-state index contributed by atoms with van der Waals surface area (Å²) in [4.78, 5) is 31.3. The molecule has 1 saturated heterocycles. The summed E-state index contributed by atoms with van der Waals surface area (Å²) in [6.45, 7) is 2.17. The fraction of sp³-hybridized carbons (Fsp3) is 0.458. The second-order valence-electron chi connectivity index (χ2n) is 8.43. The van der Waals surface area contributed by atoms with E-state index < -0.39 is 0 Å². The van der Waals surface area contributed by atoms with E-state index in [2.05, 4.69) is 10.3 Å². The van der Waals surface area contributed by atoms with E-state index in [1.165, 1.54) is 25.0 Å². The summed E-state index contributed by atoms with van der Waals surface area (Å²) in [5.41, 5.74) is 2.49. The number of halogens is 1. The molecule has 5 nitrogen and oxygen atoms in total. The third-order valence-electron chi connectivity index (χ3n) is 6.03. The number of aromatic nitrogens is 1. The zero-order valence-corrected chi connectivity index (χ0v) is 17.1. The van der Waals surface area contributed by atoms with Crippen LogP contribution in [0, 0.1) is 11.7 Å². The van der Waals surface area contributed by atoms with E-state index >= 15 is 0 Å². The van der Waals surface area contributed by atoms with Crippen LogP contribution < -0.4 is 5.32 Å². The Morgan fingerprint density at radius 3 is 2.60 bits per heavy atom. The van der Waals surface area contributed by atoms with Crippen molar-refractivity contribution < 1.29 is 14.0 Å². The Kier molecular flexibility index (Phi) is 6.41. The summed E-state index contributed by atoms with van der Waals surface area (Å²) in [7, 11) is 0. The van der Waals surface area contributed by atoms with Gasteiger partial charge in [0.1, 0.15) is 5.82 Å². The van der Waals surface area contributed by atoms with Gasteiger partial charge in [-0.25, -0.2) is 4.39 Å². The molecule has 1 aromatic carbocycles. The molecular weight excluding hydrogens is 381 g/mol. The highest BCUT2D eigenvalue weighted by atomic mass is 19.1. The first-order chi connectivity index (χ1) is 14.6. The highest BCUT2D eigenvalue weighted by molar-refractivity contribution is 5.93. The fourth-order valence-corrected chi connectivity index (χ4v) is 3.95. The third-order valence-corrected chi connectivity index (χ3v) is 6.03. The molecule has 2 amide bonds. The molecule has 158 valence electrons. The van der Waals surface area contributed by atoms with Gasteiger partial charge in [-0.05, 0) is 67.9 Å². The van der Waals surface area contributed by atoms with Crippen molar-refractivity contribution in [1.29, 1.82) is 0 Å². The van der Waals surface area contributed by atoms with Crippen LogP contribution in [0.3, 0.4) is 0 Å². The minimum Gasteiger partial charge on any atom is -0.352 e. The molecule has 1 N–H and O–H groups in total. The molecule has 6 heteroatoms. The van der Waals surface area contributed by atoms with E-state index in [4.69, 9.17) is 0 Å². The fourth-order valence-electron chi connectivity index (χ4n) is 3.95. The summed E-state index contributed by atoms with van der Waals surface area (Å²) in [6.07, 6.45) is 7.03. The van der Waals surface area contributed by atoms with Gasteiger partial charge in [-0.1, -0.05) is 12.1 Å². The molecule has 1 aliphatic carbocycles. The van der Waals surface area contributed by atoms with E-state index in [9.17, 15) is 14.0 Å². The van der Waals surface area contributed by atoms with Crippen LogP contribution in [0.2, 0.25) is 0 Å². The number of aryl methyl sites for hydroxylation is 1. The minimum atomic E-state index is -0.261. The number of hydrogen-bond acceptors (Lipinski definition) is 3. The third kappa shape index (κ3) is 5.43. The van der Waals surface area contributed by atoms with E-state index in [1.807, 2.05) is 17.0 Å². The van der Waals surface area contributed by atoms with E-state index in [0.29, 0.717) is 30.9 Å². The predicted octanol–water partition coefficient (Wildman–Crippen LogP) is 3.70. The number of benzene rings is 1. The number of piperidine rings is 1. The summed E-state index contributed by atoms with van der Waals surface area (Å²) in [5, 5.41) is 2.96. The Morgan fingerprint density at radius 2 is 1.90 bits per heavy atom. The monoisotopic (exact) mass is 409 g/mol. The number of hydrogen-bond donors (Lipinski definition) is 1. The molecule has 0 spiro atoms. The van der Waals surface area contributed by atoms with Crippen molar-refractivity contribution in [3.63, 3.8) is 0 Å². The van der Waals surface area contributed by atoms with Crippen molar-refractivity contribution in [1.82, 2.24) is 15.2 Å². The summed E-state index contributed by atoms with van der Waals surface area (Å²) >= 11 is 0. The molecule has 0 bridgehead atoms. The molecule has 2 heterocycles. The van der Waals surface area contributed by atoms with Gasteiger partial charge in [0.25, 0.3) is 5.91 Å². The number of likely N-dealkylation sites (tertiary alicyclic amines) is 1. The number of pyridine rings is 1. The second-order valence-corrected chi connectivity index (χ2v) is 8.43. The van der Waals surface area contributed by atoms with Gasteiger partial charge in [0.15, 0.2) is 0 Å². The van der Waals surface area contributed by atoms with Crippen molar-refractivity contribution in [2.24, 2.45) is 5.92 Å². The summed E-state index contributed by atoms with van der Waals surface area (Å²) in [6, 6.07) is 10.1. The van der Waals surface area contributed by atoms with Crippen molar-refractivity contribution in [3.8, 4) is 0 Å². The lowest BCUT2D eigenvalue weighted by atomic mass is 9.93. The maximum absolute atomic E-state index is 13.0. The molecule has 2 aliphatic rings. The maximum Gasteiger partial charge on any atom is 0.252 e. The number of carbonyl (C=O) groups excluding carboxylic acids is 2. The first kappa shape index (κ1) is 20.5. The van der Waals surface area contributed by atoms with E-state index in [-0.39, 0.29) is 23.5 Å². The van der Waals surface area contributed by atoms with Crippen LogP contribution >= 0.6 is 0 Å². The smallest absolute Gasteiger partial charge is 0.252 e. The van der Waals surface area contributed by atoms with Crippen LogP contribution in [-0.4, -0.2) is 41.3 Å². The molecule has 1 atom stereocenters. The van der Waals surface area contributed by atoms with Crippen LogP contribution in [0.1, 0.15) is 59.6 Å². The second kappa shape index (κ2) is 9.37. The molecule has 2 aromatic rings. The zero-order chi connectivity index (χ0) is 20.9. The lowest BCUT2D eigenvalue weighted by Crippen LogP contribution is -2.39. The molecule has 4 rings (SSSR count). The van der Waals surface area contributed by atoms with Crippen LogP contribution in [0.15, 0.2) is 42.6 Å². The molecule has 1 aliphatic heterocycles. The van der Waals surface area contributed by atoms with Crippen LogP contribution in [-0.2, 0) is 11.2 Å². The number of carbonyl (C=O) groups is 2. The Bertz CT molecular complexity index is 878. The number of amides is 2. The maximum atomic E-state index is 13.0. The van der Waals surface area contributed by atoms with Gasteiger partial charge in [-0.15, -0.1) is 0 Å². The number of rotatable bonds is 7. The van der Waals surface area contributed by atoms with Gasteiger partial charge >= 0.3 is 0 Å². The SMILES string of the molecule is O=C(NCC1CC1)c1ccc(C2CCCN(C(=O)CCc3ccc(F)cc3)C2)nc1. The van der Waals surface area contributed by atoms with Crippen molar-refractivity contribution >= 4 is 11.8 Å². The highest BCUT2D eigenvalue weighted by Crippen LogP contribution is 2.28. The number of nitrogens with zero attached hydrogens (tertiary/aromatic N) is 2. The Hall–Kier alpha value is -2.76. The Labute approximate surface area is 176 Å². The Balaban J connectivity index is 1.29. The standard InChI is InChI=1S/C24H28FN3O2/c25-21-9-5-17(6-10-21)7-12-23(29)28-13-1-2-20(16-28)22-11-8-19(15-26-22)24(30)27-14-18-3-4-18/h5-6,8-11,15,18,20H,1-4,7,12-14,16H2,(H,27,30). The van der Waals surface area contributed by atoms with Gasteiger partial charge in [0.05, 0.1) is 5.56 Å². The molecule has 1 saturated carbocycles. The van der Waals surface area contributed by atoms with Crippen LogP contribution in [0.5, 0.6) is 0 Å². The molecule has 0 radical (unpaired) electrons. The minimum absolute atomic E-state index is 0.0674. The average Bonchev–Trinajstić information content (AvgIpc) is 3.62. The predicted molar refractivity (Wildman–Crippen MR) is 113 cm³/mol. The summed E-state index contributed by atoms with van der Waals surface area (Å²) < 4.78 is 13.0. The normalized spacial score (nSPS) is 18.8. The first-order valence-electron chi connectivity index (χ1n) is 10.8. The summed E-state index contributed by atoms with van der Waals surface area (Å²) in [5.74, 6) is 0.636. The van der Waals surface area contributed by atoms with Crippen molar-refractivity contribution in [2.75, 3.05) is 19.6 Å². The molecule has 2 fully saturated rings. The topological polar surface area (TPSA) is 62.3 Å². The van der Waals surface area contributed by atoms with Gasteiger partial charge in [0, 0.05) is 43.9 Å². The van der Waals surface area contributed by atoms with Gasteiger partial charge < -0.3 is 10.2 Å². The molecule has 1 unspecified atom stereocenters. The van der Waals surface area contributed by atoms with E-state index in [0.717, 1.165) is 37.2 Å². The highest BCUT2D eigenvalue weighted by Gasteiger charge is 2.26.